The molecular weight excluding hydrogens is 254 g/mol. The van der Waals surface area contributed by atoms with E-state index in [-0.39, 0.29) is 0 Å². The Morgan fingerprint density at radius 3 is 3.20 bits per heavy atom. The normalized spacial score (nSPS) is 17.8. The number of benzene rings is 1. The molecule has 5 nitrogen and oxygen atoms in total. The van der Waals surface area contributed by atoms with Gasteiger partial charge in [-0.15, -0.1) is 0 Å². The molecule has 20 heavy (non-hydrogen) atoms. The van der Waals surface area contributed by atoms with Crippen molar-refractivity contribution in [2.45, 2.75) is 31.7 Å². The van der Waals surface area contributed by atoms with Crippen molar-refractivity contribution in [1.29, 1.82) is 0 Å². The average molecular weight is 273 g/mol. The maximum atomic E-state index is 5.33. The second-order valence-electron chi connectivity index (χ2n) is 5.05. The monoisotopic (exact) mass is 273 g/mol. The molecule has 5 heteroatoms. The van der Waals surface area contributed by atoms with E-state index in [1.54, 1.807) is 7.11 Å². The lowest BCUT2D eigenvalue weighted by atomic mass is 9.87. The van der Waals surface area contributed by atoms with E-state index in [2.05, 4.69) is 27.6 Å². The number of aryl methyl sites for hydroxylation is 1. The number of hydrogen-bond donors (Lipinski definition) is 1. The van der Waals surface area contributed by atoms with Gasteiger partial charge in [-0.3, -0.25) is 0 Å². The van der Waals surface area contributed by atoms with Crippen LogP contribution < -0.4 is 10.1 Å². The fourth-order valence-corrected chi connectivity index (χ4v) is 2.78. The molecule has 1 aliphatic rings. The zero-order valence-corrected chi connectivity index (χ0v) is 11.6. The molecule has 2 aromatic rings. The van der Waals surface area contributed by atoms with Crippen LogP contribution >= 0.6 is 0 Å². The predicted molar refractivity (Wildman–Crippen MR) is 74.7 cm³/mol. The van der Waals surface area contributed by atoms with Crippen molar-refractivity contribution >= 4 is 0 Å². The largest absolute Gasteiger partial charge is 0.497 e. The standard InChI is InChI=1S/C15H19N3O2/c1-19-12-6-5-11-3-2-4-14(13(11)9-12)16-8-7-15-17-10-18-20-15/h5-6,9-10,14,16H,2-4,7-8H2,1H3. The molecule has 1 heterocycles. The van der Waals surface area contributed by atoms with Gasteiger partial charge in [0.15, 0.2) is 6.33 Å². The summed E-state index contributed by atoms with van der Waals surface area (Å²) < 4.78 is 10.3. The van der Waals surface area contributed by atoms with Gasteiger partial charge in [-0.25, -0.2) is 0 Å². The van der Waals surface area contributed by atoms with E-state index < -0.39 is 0 Å². The summed E-state index contributed by atoms with van der Waals surface area (Å²) in [6.07, 6.45) is 5.73. The Hall–Kier alpha value is -1.88. The first kappa shape index (κ1) is 13.1. The average Bonchev–Trinajstić information content (AvgIpc) is 3.00. The summed E-state index contributed by atoms with van der Waals surface area (Å²) in [6.45, 7) is 0.837. The van der Waals surface area contributed by atoms with Crippen molar-refractivity contribution in [3.05, 3.63) is 41.5 Å². The number of aromatic nitrogens is 2. The maximum absolute atomic E-state index is 5.33. The second-order valence-corrected chi connectivity index (χ2v) is 5.05. The van der Waals surface area contributed by atoms with E-state index in [0.717, 1.165) is 31.6 Å². The van der Waals surface area contributed by atoms with E-state index in [0.29, 0.717) is 11.9 Å². The number of fused-ring (bicyclic) bond motifs is 1. The fourth-order valence-electron chi connectivity index (χ4n) is 2.78. The van der Waals surface area contributed by atoms with Gasteiger partial charge >= 0.3 is 0 Å². The molecule has 0 spiro atoms. The molecule has 1 N–H and O–H groups in total. The first-order valence-corrected chi connectivity index (χ1v) is 7.02. The number of hydrogen-bond acceptors (Lipinski definition) is 5. The SMILES string of the molecule is COc1ccc2c(c1)C(NCCc1ncno1)CCC2. The van der Waals surface area contributed by atoms with E-state index >= 15 is 0 Å². The first-order chi connectivity index (χ1) is 9.86. The summed E-state index contributed by atoms with van der Waals surface area (Å²) >= 11 is 0. The number of rotatable bonds is 5. The third-order valence-corrected chi connectivity index (χ3v) is 3.80. The molecule has 0 saturated heterocycles. The fraction of sp³-hybridized carbons (Fsp3) is 0.467. The second kappa shape index (κ2) is 6.05. The third-order valence-electron chi connectivity index (χ3n) is 3.80. The third kappa shape index (κ3) is 2.82. The van der Waals surface area contributed by atoms with Crippen LogP contribution in [0.25, 0.3) is 0 Å². The van der Waals surface area contributed by atoms with Gasteiger partial charge in [-0.05, 0) is 42.5 Å². The smallest absolute Gasteiger partial charge is 0.227 e. The van der Waals surface area contributed by atoms with Crippen molar-refractivity contribution in [3.8, 4) is 5.75 Å². The van der Waals surface area contributed by atoms with Gasteiger partial charge < -0.3 is 14.6 Å². The molecule has 1 atom stereocenters. The summed E-state index contributed by atoms with van der Waals surface area (Å²) in [4.78, 5) is 4.03. The Bertz CT molecular complexity index is 554. The van der Waals surface area contributed by atoms with Gasteiger partial charge in [0.1, 0.15) is 5.75 Å². The summed E-state index contributed by atoms with van der Waals surface area (Å²) in [5, 5.41) is 7.20. The quantitative estimate of drug-likeness (QED) is 0.905. The van der Waals surface area contributed by atoms with Gasteiger partial charge in [-0.2, -0.15) is 4.98 Å². The predicted octanol–water partition coefficient (Wildman–Crippen LogP) is 2.29. The van der Waals surface area contributed by atoms with Crippen molar-refractivity contribution < 1.29 is 9.26 Å². The topological polar surface area (TPSA) is 60.2 Å². The van der Waals surface area contributed by atoms with Crippen LogP contribution in [0.2, 0.25) is 0 Å². The zero-order valence-electron chi connectivity index (χ0n) is 11.6. The molecule has 3 rings (SSSR count). The maximum Gasteiger partial charge on any atom is 0.227 e. The molecule has 0 amide bonds. The van der Waals surface area contributed by atoms with Crippen molar-refractivity contribution in [2.24, 2.45) is 0 Å². The van der Waals surface area contributed by atoms with Crippen molar-refractivity contribution in [3.63, 3.8) is 0 Å². The Morgan fingerprint density at radius 2 is 2.40 bits per heavy atom. The Morgan fingerprint density at radius 1 is 1.45 bits per heavy atom. The molecule has 0 aliphatic heterocycles. The van der Waals surface area contributed by atoms with Gasteiger partial charge in [0.25, 0.3) is 0 Å². The highest BCUT2D eigenvalue weighted by Gasteiger charge is 2.20. The molecule has 1 aliphatic carbocycles. The minimum atomic E-state index is 0.386. The van der Waals surface area contributed by atoms with Crippen LogP contribution in [0.3, 0.4) is 0 Å². The molecule has 1 aromatic carbocycles. The highest BCUT2D eigenvalue weighted by Crippen LogP contribution is 2.32. The molecule has 0 bridgehead atoms. The van der Waals surface area contributed by atoms with Crippen LogP contribution in [-0.4, -0.2) is 23.8 Å². The Kier molecular flexibility index (Phi) is 3.97. The zero-order chi connectivity index (χ0) is 13.8. The summed E-state index contributed by atoms with van der Waals surface area (Å²) in [5.41, 5.74) is 2.79. The van der Waals surface area contributed by atoms with Crippen LogP contribution in [0, 0.1) is 0 Å². The minimum absolute atomic E-state index is 0.386. The number of nitrogens with one attached hydrogen (secondary N) is 1. The molecule has 1 aromatic heterocycles. The molecule has 0 saturated carbocycles. The first-order valence-electron chi connectivity index (χ1n) is 7.02. The van der Waals surface area contributed by atoms with Gasteiger partial charge in [-0.1, -0.05) is 11.2 Å². The lowest BCUT2D eigenvalue weighted by molar-refractivity contribution is 0.367. The number of nitrogens with zero attached hydrogens (tertiary/aromatic N) is 2. The van der Waals surface area contributed by atoms with Gasteiger partial charge in [0, 0.05) is 19.0 Å². The molecule has 0 fully saturated rings. The highest BCUT2D eigenvalue weighted by molar-refractivity contribution is 5.39. The van der Waals surface area contributed by atoms with E-state index in [9.17, 15) is 0 Å². The lowest BCUT2D eigenvalue weighted by Crippen LogP contribution is -2.27. The van der Waals surface area contributed by atoms with Crippen LogP contribution in [0.5, 0.6) is 5.75 Å². The van der Waals surface area contributed by atoms with E-state index in [4.69, 9.17) is 9.26 Å². The van der Waals surface area contributed by atoms with Crippen molar-refractivity contribution in [2.75, 3.05) is 13.7 Å². The number of methoxy groups -OCH3 is 1. The molecule has 106 valence electrons. The Balaban J connectivity index is 1.66. The van der Waals surface area contributed by atoms with Crippen LogP contribution in [-0.2, 0) is 12.8 Å². The molecular formula is C15H19N3O2. The summed E-state index contributed by atoms with van der Waals surface area (Å²) in [6, 6.07) is 6.76. The van der Waals surface area contributed by atoms with Gasteiger partial charge in [0.05, 0.1) is 7.11 Å². The van der Waals surface area contributed by atoms with E-state index in [1.165, 1.54) is 23.9 Å². The Labute approximate surface area is 118 Å². The molecule has 1 unspecified atom stereocenters. The summed E-state index contributed by atoms with van der Waals surface area (Å²) in [5.74, 6) is 1.61. The highest BCUT2D eigenvalue weighted by atomic mass is 16.5. The summed E-state index contributed by atoms with van der Waals surface area (Å²) in [7, 11) is 1.71. The lowest BCUT2D eigenvalue weighted by Gasteiger charge is -2.26. The van der Waals surface area contributed by atoms with Gasteiger partial charge in [0.2, 0.25) is 5.89 Å². The molecule has 0 radical (unpaired) electrons. The number of ether oxygens (including phenoxy) is 1. The van der Waals surface area contributed by atoms with Crippen molar-refractivity contribution in [1.82, 2.24) is 15.5 Å². The van der Waals surface area contributed by atoms with Crippen LogP contribution in [0.1, 0.15) is 35.9 Å². The van der Waals surface area contributed by atoms with Crippen LogP contribution in [0.4, 0.5) is 0 Å². The van der Waals surface area contributed by atoms with Crippen LogP contribution in [0.15, 0.2) is 29.0 Å². The van der Waals surface area contributed by atoms with E-state index in [1.807, 2.05) is 6.07 Å². The minimum Gasteiger partial charge on any atom is -0.497 e.